The molecule has 1 aromatic carbocycles. The zero-order valence-electron chi connectivity index (χ0n) is 16.7. The van der Waals surface area contributed by atoms with Crippen molar-refractivity contribution in [2.45, 2.75) is 68.2 Å². The van der Waals surface area contributed by atoms with Gasteiger partial charge in [0.2, 0.25) is 0 Å². The summed E-state index contributed by atoms with van der Waals surface area (Å²) in [6.45, 7) is 4.15. The van der Waals surface area contributed by atoms with E-state index in [4.69, 9.17) is 15.7 Å². The second-order valence-electron chi connectivity index (χ2n) is 8.84. The predicted octanol–water partition coefficient (Wildman–Crippen LogP) is 4.66. The molecule has 5 heteroatoms. The van der Waals surface area contributed by atoms with E-state index in [0.717, 1.165) is 54.1 Å². The minimum Gasteiger partial charge on any atom is -0.355 e. The Balaban J connectivity index is 1.27. The fourth-order valence-electron chi connectivity index (χ4n) is 5.47. The molecule has 1 atom stereocenters. The van der Waals surface area contributed by atoms with Gasteiger partial charge in [0.1, 0.15) is 10.8 Å². The van der Waals surface area contributed by atoms with Gasteiger partial charge in [-0.15, -0.1) is 11.8 Å². The normalized spacial score (nSPS) is 24.1. The highest BCUT2D eigenvalue weighted by molar-refractivity contribution is 7.99. The fourth-order valence-corrected chi connectivity index (χ4v) is 6.68. The number of nitrogens with zero attached hydrogens (tertiary/aromatic N) is 3. The van der Waals surface area contributed by atoms with Gasteiger partial charge in [0.05, 0.1) is 11.9 Å². The second-order valence-corrected chi connectivity index (χ2v) is 10.2. The number of thioether (sulfide) groups is 1. The third-order valence-corrected chi connectivity index (χ3v) is 8.38. The molecule has 2 aromatic rings. The van der Waals surface area contributed by atoms with Gasteiger partial charge in [-0.05, 0) is 55.6 Å². The van der Waals surface area contributed by atoms with Crippen LogP contribution in [0.15, 0.2) is 35.5 Å². The van der Waals surface area contributed by atoms with Crippen molar-refractivity contribution < 1.29 is 0 Å². The third-order valence-electron chi connectivity index (χ3n) is 7.14. The maximum absolute atomic E-state index is 6.72. The largest absolute Gasteiger partial charge is 0.355 e. The summed E-state index contributed by atoms with van der Waals surface area (Å²) in [7, 11) is 0. The minimum absolute atomic E-state index is 0.170. The van der Waals surface area contributed by atoms with Gasteiger partial charge < -0.3 is 10.6 Å². The molecular weight excluding hydrogens is 364 g/mol. The molecule has 1 saturated heterocycles. The van der Waals surface area contributed by atoms with Crippen LogP contribution in [0.25, 0.3) is 0 Å². The van der Waals surface area contributed by atoms with Crippen molar-refractivity contribution >= 4 is 17.6 Å². The van der Waals surface area contributed by atoms with Crippen LogP contribution in [0, 0.1) is 12.3 Å². The first-order valence-corrected chi connectivity index (χ1v) is 11.6. The maximum Gasteiger partial charge on any atom is 0.150 e. The summed E-state index contributed by atoms with van der Waals surface area (Å²) in [5, 5.41) is 1.83. The Labute approximate surface area is 172 Å². The minimum atomic E-state index is 0.170. The average molecular weight is 395 g/mol. The standard InChI is InChI=1S/C23H30N4S/c1-16-22(25-15-20(26-16)28-18-7-3-4-8-18)27-12-10-23(11-13-27)14-17-6-2-5-9-19(17)21(23)24/h2,5-6,9,15,18,21H,3-4,7-8,10-14,24H2,1H3/t21-/m1/s1. The van der Waals surface area contributed by atoms with E-state index < -0.39 is 0 Å². The highest BCUT2D eigenvalue weighted by Crippen LogP contribution is 2.51. The van der Waals surface area contributed by atoms with E-state index in [0.29, 0.717) is 0 Å². The number of aryl methyl sites for hydroxylation is 1. The molecule has 0 radical (unpaired) electrons. The summed E-state index contributed by atoms with van der Waals surface area (Å²) in [4.78, 5) is 12.1. The van der Waals surface area contributed by atoms with Gasteiger partial charge in [0.15, 0.2) is 0 Å². The Kier molecular flexibility index (Phi) is 4.84. The molecule has 2 fully saturated rings. The molecule has 2 N–H and O–H groups in total. The molecule has 2 heterocycles. The van der Waals surface area contributed by atoms with Gasteiger partial charge in [-0.1, -0.05) is 37.1 Å². The van der Waals surface area contributed by atoms with Crippen molar-refractivity contribution in [3.63, 3.8) is 0 Å². The van der Waals surface area contributed by atoms with E-state index in [2.05, 4.69) is 36.1 Å². The number of fused-ring (bicyclic) bond motifs is 1. The van der Waals surface area contributed by atoms with Crippen LogP contribution >= 0.6 is 11.8 Å². The van der Waals surface area contributed by atoms with Crippen LogP contribution in [0.2, 0.25) is 0 Å². The Morgan fingerprint density at radius 3 is 2.61 bits per heavy atom. The van der Waals surface area contributed by atoms with Crippen molar-refractivity contribution in [1.29, 1.82) is 0 Å². The summed E-state index contributed by atoms with van der Waals surface area (Å²) >= 11 is 1.92. The summed E-state index contributed by atoms with van der Waals surface area (Å²) in [6, 6.07) is 8.91. The van der Waals surface area contributed by atoms with Crippen molar-refractivity contribution in [2.24, 2.45) is 11.1 Å². The van der Waals surface area contributed by atoms with Crippen molar-refractivity contribution in [1.82, 2.24) is 9.97 Å². The van der Waals surface area contributed by atoms with Crippen molar-refractivity contribution in [3.05, 3.63) is 47.3 Å². The smallest absolute Gasteiger partial charge is 0.150 e. The maximum atomic E-state index is 6.72. The van der Waals surface area contributed by atoms with Gasteiger partial charge in [-0.2, -0.15) is 0 Å². The molecule has 1 aromatic heterocycles. The number of piperidine rings is 1. The van der Waals surface area contributed by atoms with Crippen molar-refractivity contribution in [2.75, 3.05) is 18.0 Å². The number of hydrogen-bond acceptors (Lipinski definition) is 5. The molecule has 3 aliphatic rings. The molecule has 1 saturated carbocycles. The fraction of sp³-hybridized carbons (Fsp3) is 0.565. The summed E-state index contributed by atoms with van der Waals surface area (Å²) in [5.41, 5.74) is 10.8. The summed E-state index contributed by atoms with van der Waals surface area (Å²) in [5.74, 6) is 1.06. The number of benzene rings is 1. The van der Waals surface area contributed by atoms with Crippen LogP contribution in [0.5, 0.6) is 0 Å². The van der Waals surface area contributed by atoms with Crippen LogP contribution in [-0.2, 0) is 6.42 Å². The Bertz CT molecular complexity index is 853. The molecule has 148 valence electrons. The molecule has 1 aliphatic heterocycles. The monoisotopic (exact) mass is 394 g/mol. The zero-order valence-corrected chi connectivity index (χ0v) is 17.5. The van der Waals surface area contributed by atoms with Crippen LogP contribution in [0.3, 0.4) is 0 Å². The zero-order chi connectivity index (χ0) is 19.1. The third kappa shape index (κ3) is 3.22. The SMILES string of the molecule is Cc1nc(SC2CCCC2)cnc1N1CCC2(CC1)Cc1ccccc1[C@H]2N. The lowest BCUT2D eigenvalue weighted by Crippen LogP contribution is -2.44. The van der Waals surface area contributed by atoms with E-state index in [1.54, 1.807) is 0 Å². The first-order valence-electron chi connectivity index (χ1n) is 10.7. The number of aromatic nitrogens is 2. The van der Waals surface area contributed by atoms with Gasteiger partial charge in [-0.3, -0.25) is 0 Å². The van der Waals surface area contributed by atoms with E-state index in [1.165, 1.54) is 36.8 Å². The topological polar surface area (TPSA) is 55.0 Å². The highest BCUT2D eigenvalue weighted by atomic mass is 32.2. The summed E-state index contributed by atoms with van der Waals surface area (Å²) < 4.78 is 0. The number of rotatable bonds is 3. The molecule has 1 spiro atoms. The van der Waals surface area contributed by atoms with Crippen molar-refractivity contribution in [3.8, 4) is 0 Å². The molecule has 0 amide bonds. The van der Waals surface area contributed by atoms with Crippen LogP contribution in [0.1, 0.15) is 61.4 Å². The van der Waals surface area contributed by atoms with E-state index in [1.807, 2.05) is 18.0 Å². The molecule has 0 bridgehead atoms. The Hall–Kier alpha value is -1.59. The predicted molar refractivity (Wildman–Crippen MR) is 116 cm³/mol. The highest BCUT2D eigenvalue weighted by Gasteiger charge is 2.46. The number of anilines is 1. The lowest BCUT2D eigenvalue weighted by Gasteiger charge is -2.42. The summed E-state index contributed by atoms with van der Waals surface area (Å²) in [6.07, 6.45) is 10.7. The number of nitrogens with two attached hydrogens (primary N) is 1. The molecule has 28 heavy (non-hydrogen) atoms. The quantitative estimate of drug-likeness (QED) is 0.820. The molecule has 2 aliphatic carbocycles. The first kappa shape index (κ1) is 18.4. The van der Waals surface area contributed by atoms with E-state index in [-0.39, 0.29) is 11.5 Å². The second kappa shape index (κ2) is 7.34. The van der Waals surface area contributed by atoms with Crippen LogP contribution in [0.4, 0.5) is 5.82 Å². The number of hydrogen-bond donors (Lipinski definition) is 1. The van der Waals surface area contributed by atoms with E-state index >= 15 is 0 Å². The van der Waals surface area contributed by atoms with Crippen LogP contribution < -0.4 is 10.6 Å². The van der Waals surface area contributed by atoms with E-state index in [9.17, 15) is 0 Å². The Morgan fingerprint density at radius 2 is 1.89 bits per heavy atom. The molecule has 0 unspecified atom stereocenters. The molecule has 5 rings (SSSR count). The van der Waals surface area contributed by atoms with Gasteiger partial charge in [0.25, 0.3) is 0 Å². The average Bonchev–Trinajstić information content (AvgIpc) is 3.30. The van der Waals surface area contributed by atoms with Gasteiger partial charge in [0, 0.05) is 24.4 Å². The Morgan fingerprint density at radius 1 is 1.14 bits per heavy atom. The molecule has 4 nitrogen and oxygen atoms in total. The van der Waals surface area contributed by atoms with Gasteiger partial charge in [-0.25, -0.2) is 9.97 Å². The lowest BCUT2D eigenvalue weighted by molar-refractivity contribution is 0.187. The van der Waals surface area contributed by atoms with Crippen LogP contribution in [-0.4, -0.2) is 28.3 Å². The lowest BCUT2D eigenvalue weighted by atomic mass is 9.73. The first-order chi connectivity index (χ1) is 13.6. The van der Waals surface area contributed by atoms with Gasteiger partial charge >= 0.3 is 0 Å². The molecular formula is C23H30N4S.